The van der Waals surface area contributed by atoms with E-state index in [1.54, 1.807) is 0 Å². The first kappa shape index (κ1) is 28.2. The maximum absolute atomic E-state index is 6.27. The summed E-state index contributed by atoms with van der Waals surface area (Å²) in [6, 6.07) is 55.8. The van der Waals surface area contributed by atoms with Crippen LogP contribution < -0.4 is 0 Å². The van der Waals surface area contributed by atoms with Crippen LogP contribution in [0.1, 0.15) is 0 Å². The van der Waals surface area contributed by atoms with E-state index in [1.807, 2.05) is 72.8 Å². The Morgan fingerprint density at radius 3 is 1.54 bits per heavy atom. The molecule has 0 bridgehead atoms. The van der Waals surface area contributed by atoms with Gasteiger partial charge in [-0.15, -0.1) is 0 Å². The zero-order valence-corrected chi connectivity index (χ0v) is 26.7. The van der Waals surface area contributed by atoms with Gasteiger partial charge in [-0.05, 0) is 76.9 Å². The van der Waals surface area contributed by atoms with Gasteiger partial charge in [-0.25, -0.2) is 15.0 Å². The average molecular weight is 642 g/mol. The molecule has 7 aromatic carbocycles. The molecule has 3 heterocycles. The third-order valence-corrected chi connectivity index (χ3v) is 9.32. The lowest BCUT2D eigenvalue weighted by Gasteiger charge is -2.13. The van der Waals surface area contributed by atoms with Crippen molar-refractivity contribution in [1.29, 1.82) is 0 Å². The molecule has 0 aliphatic carbocycles. The van der Waals surface area contributed by atoms with Crippen molar-refractivity contribution < 1.29 is 8.83 Å². The summed E-state index contributed by atoms with van der Waals surface area (Å²) in [6.45, 7) is 0. The van der Waals surface area contributed by atoms with Gasteiger partial charge in [0.1, 0.15) is 22.3 Å². The number of hydrogen-bond donors (Lipinski definition) is 0. The van der Waals surface area contributed by atoms with Gasteiger partial charge in [-0.2, -0.15) is 0 Å². The van der Waals surface area contributed by atoms with Crippen LogP contribution in [-0.4, -0.2) is 15.0 Å². The summed E-state index contributed by atoms with van der Waals surface area (Å²) < 4.78 is 12.4. The van der Waals surface area contributed by atoms with Crippen molar-refractivity contribution in [3.05, 3.63) is 164 Å². The van der Waals surface area contributed by atoms with Gasteiger partial charge in [0, 0.05) is 38.2 Å². The Balaban J connectivity index is 1.25. The fraction of sp³-hybridized carbons (Fsp3) is 0. The van der Waals surface area contributed by atoms with E-state index in [4.69, 9.17) is 23.8 Å². The van der Waals surface area contributed by atoms with Gasteiger partial charge in [-0.1, -0.05) is 109 Å². The van der Waals surface area contributed by atoms with E-state index in [-0.39, 0.29) is 0 Å². The minimum atomic E-state index is 0.575. The molecule has 0 unspecified atom stereocenters. The number of hydrogen-bond acceptors (Lipinski definition) is 5. The molecule has 0 fully saturated rings. The molecular formula is C45H27N3O2. The lowest BCUT2D eigenvalue weighted by molar-refractivity contribution is 0.668. The molecule has 50 heavy (non-hydrogen) atoms. The van der Waals surface area contributed by atoms with Crippen molar-refractivity contribution >= 4 is 43.9 Å². The number of fused-ring (bicyclic) bond motifs is 6. The molecule has 0 aliphatic heterocycles. The number of aromatic nitrogens is 3. The summed E-state index contributed by atoms with van der Waals surface area (Å²) in [4.78, 5) is 15.6. The van der Waals surface area contributed by atoms with Crippen LogP contribution in [0.5, 0.6) is 0 Å². The van der Waals surface area contributed by atoms with Crippen LogP contribution >= 0.6 is 0 Å². The molecule has 234 valence electrons. The highest BCUT2D eigenvalue weighted by Gasteiger charge is 2.19. The van der Waals surface area contributed by atoms with Crippen LogP contribution in [0.15, 0.2) is 173 Å². The SMILES string of the molecule is c1ccc(-c2cc(-c3ccccc3)cc(-c3nc(-c4ccc5oc6ccccc6c5c4)nc(-c4cccc5oc6ccccc6c45)n3)c2)cc1. The Morgan fingerprint density at radius 2 is 0.820 bits per heavy atom. The van der Waals surface area contributed by atoms with Crippen molar-refractivity contribution in [2.45, 2.75) is 0 Å². The Labute approximate surface area is 287 Å². The third-order valence-electron chi connectivity index (χ3n) is 9.32. The number of benzene rings is 7. The van der Waals surface area contributed by atoms with Crippen LogP contribution in [0.25, 0.3) is 100 Å². The monoisotopic (exact) mass is 641 g/mol. The summed E-state index contributed by atoms with van der Waals surface area (Å²) in [5, 5.41) is 4.06. The van der Waals surface area contributed by atoms with E-state index in [2.05, 4.69) is 91.0 Å². The highest BCUT2D eigenvalue weighted by molar-refractivity contribution is 6.12. The fourth-order valence-electron chi connectivity index (χ4n) is 6.93. The van der Waals surface area contributed by atoms with Crippen molar-refractivity contribution in [2.24, 2.45) is 0 Å². The predicted molar refractivity (Wildman–Crippen MR) is 202 cm³/mol. The van der Waals surface area contributed by atoms with Gasteiger partial charge < -0.3 is 8.83 Å². The first-order chi connectivity index (χ1) is 24.7. The molecule has 3 aromatic heterocycles. The fourth-order valence-corrected chi connectivity index (χ4v) is 6.93. The molecule has 0 saturated heterocycles. The van der Waals surface area contributed by atoms with Crippen LogP contribution in [0.3, 0.4) is 0 Å². The van der Waals surface area contributed by atoms with E-state index >= 15 is 0 Å². The Kier molecular flexibility index (Phi) is 6.42. The van der Waals surface area contributed by atoms with E-state index < -0.39 is 0 Å². The summed E-state index contributed by atoms with van der Waals surface area (Å²) in [6.07, 6.45) is 0. The van der Waals surface area contributed by atoms with Gasteiger partial charge in [0.15, 0.2) is 17.5 Å². The van der Waals surface area contributed by atoms with Crippen molar-refractivity contribution in [3.63, 3.8) is 0 Å². The summed E-state index contributed by atoms with van der Waals surface area (Å²) in [5.41, 5.74) is 10.3. The van der Waals surface area contributed by atoms with E-state index in [9.17, 15) is 0 Å². The predicted octanol–water partition coefficient (Wildman–Crippen LogP) is 12.0. The second-order valence-electron chi connectivity index (χ2n) is 12.4. The van der Waals surface area contributed by atoms with E-state index in [0.717, 1.165) is 82.8 Å². The molecule has 0 N–H and O–H groups in total. The van der Waals surface area contributed by atoms with E-state index in [1.165, 1.54) is 0 Å². The largest absolute Gasteiger partial charge is 0.456 e. The zero-order chi connectivity index (χ0) is 33.0. The highest BCUT2D eigenvalue weighted by atomic mass is 16.3. The van der Waals surface area contributed by atoms with Gasteiger partial charge in [0.2, 0.25) is 0 Å². The first-order valence-corrected chi connectivity index (χ1v) is 16.6. The summed E-state index contributed by atoms with van der Waals surface area (Å²) in [7, 11) is 0. The molecule has 10 aromatic rings. The molecule has 0 radical (unpaired) electrons. The quantitative estimate of drug-likeness (QED) is 0.187. The minimum absolute atomic E-state index is 0.575. The topological polar surface area (TPSA) is 65.0 Å². The van der Waals surface area contributed by atoms with Gasteiger partial charge in [0.25, 0.3) is 0 Å². The zero-order valence-electron chi connectivity index (χ0n) is 26.7. The lowest BCUT2D eigenvalue weighted by atomic mass is 9.96. The molecule has 0 amide bonds. The van der Waals surface area contributed by atoms with Crippen molar-refractivity contribution in [3.8, 4) is 56.4 Å². The van der Waals surface area contributed by atoms with E-state index in [0.29, 0.717) is 17.5 Å². The number of furan rings is 2. The van der Waals surface area contributed by atoms with Gasteiger partial charge >= 0.3 is 0 Å². The smallest absolute Gasteiger partial charge is 0.164 e. The van der Waals surface area contributed by atoms with Crippen LogP contribution in [0, 0.1) is 0 Å². The van der Waals surface area contributed by atoms with Crippen LogP contribution in [-0.2, 0) is 0 Å². The van der Waals surface area contributed by atoms with Gasteiger partial charge in [-0.3, -0.25) is 0 Å². The van der Waals surface area contributed by atoms with Crippen LogP contribution in [0.2, 0.25) is 0 Å². The number of rotatable bonds is 5. The Bertz CT molecular complexity index is 2810. The highest BCUT2D eigenvalue weighted by Crippen LogP contribution is 2.38. The minimum Gasteiger partial charge on any atom is -0.456 e. The first-order valence-electron chi connectivity index (χ1n) is 16.6. The maximum Gasteiger partial charge on any atom is 0.164 e. The molecule has 0 saturated carbocycles. The molecule has 5 nitrogen and oxygen atoms in total. The normalized spacial score (nSPS) is 11.6. The van der Waals surface area contributed by atoms with Gasteiger partial charge in [0.05, 0.1) is 0 Å². The molecule has 0 spiro atoms. The third kappa shape index (κ3) is 4.75. The second-order valence-corrected chi connectivity index (χ2v) is 12.4. The second kappa shape index (κ2) is 11.4. The molecule has 10 rings (SSSR count). The van der Waals surface area contributed by atoms with Crippen molar-refractivity contribution in [2.75, 3.05) is 0 Å². The Morgan fingerprint density at radius 1 is 0.300 bits per heavy atom. The Hall–Kier alpha value is -6.85. The van der Waals surface area contributed by atoms with Crippen LogP contribution in [0.4, 0.5) is 0 Å². The standard InChI is InChI=1S/C45H27N3O2/c1-3-12-28(13-4-1)31-24-32(29-14-5-2-6-15-29)26-33(25-31)44-46-43(30-22-23-40-37(27-30)34-16-7-9-19-38(34)49-40)47-45(48-44)36-18-11-21-41-42(36)35-17-8-10-20-39(35)50-41/h1-27H. The molecule has 5 heteroatoms. The molecular weight excluding hydrogens is 615 g/mol. The molecule has 0 aliphatic rings. The average Bonchev–Trinajstić information content (AvgIpc) is 3.76. The number of nitrogens with zero attached hydrogens (tertiary/aromatic N) is 3. The lowest BCUT2D eigenvalue weighted by Crippen LogP contribution is -2.01. The summed E-state index contributed by atoms with van der Waals surface area (Å²) >= 11 is 0. The van der Waals surface area contributed by atoms with Crippen molar-refractivity contribution in [1.82, 2.24) is 15.0 Å². The maximum atomic E-state index is 6.27. The molecule has 0 atom stereocenters. The number of para-hydroxylation sites is 2. The summed E-state index contributed by atoms with van der Waals surface area (Å²) in [5.74, 6) is 1.74.